The van der Waals surface area contributed by atoms with Crippen LogP contribution in [0.5, 0.6) is 5.75 Å². The number of hydrogen-bond acceptors (Lipinski definition) is 4. The predicted molar refractivity (Wildman–Crippen MR) is 90.8 cm³/mol. The molecule has 2 N–H and O–H groups in total. The number of nitrogens with zero attached hydrogens (tertiary/aromatic N) is 1. The van der Waals surface area contributed by atoms with Gasteiger partial charge in [0.05, 0.1) is 19.2 Å². The van der Waals surface area contributed by atoms with E-state index in [4.69, 9.17) is 16.3 Å². The molecule has 23 heavy (non-hydrogen) atoms. The van der Waals surface area contributed by atoms with Crippen molar-refractivity contribution in [2.75, 3.05) is 32.8 Å². The van der Waals surface area contributed by atoms with Crippen LogP contribution in [0.1, 0.15) is 19.8 Å². The average molecular weight is 341 g/mol. The molecule has 0 spiro atoms. The van der Waals surface area contributed by atoms with E-state index < -0.39 is 0 Å². The molecule has 2 atom stereocenters. The number of carbonyl (C=O) groups is 1. The summed E-state index contributed by atoms with van der Waals surface area (Å²) < 4.78 is 5.53. The van der Waals surface area contributed by atoms with Gasteiger partial charge in [0.25, 0.3) is 0 Å². The maximum Gasteiger partial charge on any atom is 0.234 e. The molecule has 1 heterocycles. The first-order valence-electron chi connectivity index (χ1n) is 8.10. The highest BCUT2D eigenvalue weighted by Crippen LogP contribution is 2.19. The summed E-state index contributed by atoms with van der Waals surface area (Å²) in [5.41, 5.74) is 0. The molecule has 0 bridgehead atoms. The van der Waals surface area contributed by atoms with E-state index in [0.29, 0.717) is 24.7 Å². The highest BCUT2D eigenvalue weighted by molar-refractivity contribution is 6.30. The quantitative estimate of drug-likeness (QED) is 0.745. The fraction of sp³-hybridized carbons (Fsp3) is 0.588. The lowest BCUT2D eigenvalue weighted by Gasteiger charge is -2.33. The maximum atomic E-state index is 12.0. The van der Waals surface area contributed by atoms with Crippen LogP contribution in [0.2, 0.25) is 5.02 Å². The Kier molecular flexibility index (Phi) is 7.15. The molecule has 128 valence electrons. The Labute approximate surface area is 142 Å². The number of piperidine rings is 1. The van der Waals surface area contributed by atoms with Crippen LogP contribution in [0.25, 0.3) is 0 Å². The number of aliphatic hydroxyl groups is 1. The Balaban J connectivity index is 1.62. The van der Waals surface area contributed by atoms with Crippen LogP contribution in [0, 0.1) is 5.92 Å². The molecule has 6 heteroatoms. The molecule has 2 rings (SSSR count). The Morgan fingerprint density at radius 1 is 1.48 bits per heavy atom. The molecule has 1 aliphatic heterocycles. The van der Waals surface area contributed by atoms with Crippen LogP contribution < -0.4 is 10.1 Å². The lowest BCUT2D eigenvalue weighted by Crippen LogP contribution is -2.45. The standard InChI is InChI=1S/C17H25ClN2O3/c1-13(21)14-3-2-9-20(11-14)12-17(22)19-8-10-23-16-6-4-15(18)5-7-16/h4-7,13-14,21H,2-3,8-12H2,1H3,(H,19,22). The van der Waals surface area contributed by atoms with Gasteiger partial charge in [0.2, 0.25) is 5.91 Å². The van der Waals surface area contributed by atoms with Gasteiger partial charge < -0.3 is 15.2 Å². The first kappa shape index (κ1) is 18.0. The molecule has 0 aromatic heterocycles. The van der Waals surface area contributed by atoms with Crippen molar-refractivity contribution in [1.29, 1.82) is 0 Å². The lowest BCUT2D eigenvalue weighted by atomic mass is 9.93. The minimum Gasteiger partial charge on any atom is -0.492 e. The molecule has 2 unspecified atom stereocenters. The van der Waals surface area contributed by atoms with Crippen LogP contribution >= 0.6 is 11.6 Å². The maximum absolute atomic E-state index is 12.0. The Morgan fingerprint density at radius 3 is 2.91 bits per heavy atom. The van der Waals surface area contributed by atoms with Crippen LogP contribution in [0.4, 0.5) is 0 Å². The van der Waals surface area contributed by atoms with Gasteiger partial charge in [-0.25, -0.2) is 0 Å². The van der Waals surface area contributed by atoms with E-state index in [1.807, 2.05) is 6.92 Å². The lowest BCUT2D eigenvalue weighted by molar-refractivity contribution is -0.123. The number of nitrogens with one attached hydrogen (secondary N) is 1. The van der Waals surface area contributed by atoms with Gasteiger partial charge in [0, 0.05) is 11.6 Å². The normalized spacial score (nSPS) is 20.0. The number of amides is 1. The van der Waals surface area contributed by atoms with Crippen molar-refractivity contribution < 1.29 is 14.6 Å². The number of rotatable bonds is 7. The molecule has 0 radical (unpaired) electrons. The van der Waals surface area contributed by atoms with Gasteiger partial charge in [-0.05, 0) is 56.5 Å². The molecule has 0 saturated carbocycles. The Bertz CT molecular complexity index is 493. The third kappa shape index (κ3) is 6.37. The third-order valence-corrected chi connectivity index (χ3v) is 4.35. The van der Waals surface area contributed by atoms with Gasteiger partial charge in [0.1, 0.15) is 12.4 Å². The summed E-state index contributed by atoms with van der Waals surface area (Å²) in [4.78, 5) is 14.1. The summed E-state index contributed by atoms with van der Waals surface area (Å²) in [5.74, 6) is 1.00. The van der Waals surface area contributed by atoms with Crippen molar-refractivity contribution >= 4 is 17.5 Å². The van der Waals surface area contributed by atoms with Crippen molar-refractivity contribution in [3.63, 3.8) is 0 Å². The molecule has 1 amide bonds. The summed E-state index contributed by atoms with van der Waals surface area (Å²) >= 11 is 5.80. The minimum absolute atomic E-state index is 0.00375. The average Bonchev–Trinajstić information content (AvgIpc) is 2.53. The fourth-order valence-electron chi connectivity index (χ4n) is 2.78. The van der Waals surface area contributed by atoms with Crippen LogP contribution in [0.15, 0.2) is 24.3 Å². The van der Waals surface area contributed by atoms with Crippen molar-refractivity contribution in [3.05, 3.63) is 29.3 Å². The van der Waals surface area contributed by atoms with Crippen LogP contribution in [-0.4, -0.2) is 54.8 Å². The van der Waals surface area contributed by atoms with Crippen molar-refractivity contribution in [2.24, 2.45) is 5.92 Å². The predicted octanol–water partition coefficient (Wildman–Crippen LogP) is 1.93. The van der Waals surface area contributed by atoms with Gasteiger partial charge in [0.15, 0.2) is 0 Å². The van der Waals surface area contributed by atoms with E-state index >= 15 is 0 Å². The van der Waals surface area contributed by atoms with Gasteiger partial charge in [-0.1, -0.05) is 11.6 Å². The molecule has 0 aliphatic carbocycles. The second-order valence-electron chi connectivity index (χ2n) is 6.03. The molecule has 1 aromatic carbocycles. The highest BCUT2D eigenvalue weighted by Gasteiger charge is 2.24. The zero-order valence-corrected chi connectivity index (χ0v) is 14.3. The number of hydrogen-bond donors (Lipinski definition) is 2. The number of benzene rings is 1. The van der Waals surface area contributed by atoms with Gasteiger partial charge in [-0.3, -0.25) is 9.69 Å². The summed E-state index contributed by atoms with van der Waals surface area (Å²) in [6, 6.07) is 7.14. The first-order chi connectivity index (χ1) is 11.0. The number of ether oxygens (including phenoxy) is 1. The molecular formula is C17H25ClN2O3. The summed E-state index contributed by atoms with van der Waals surface area (Å²) in [6.45, 7) is 4.79. The topological polar surface area (TPSA) is 61.8 Å². The zero-order valence-electron chi connectivity index (χ0n) is 13.5. The number of halogens is 1. The molecule has 1 saturated heterocycles. The van der Waals surface area contributed by atoms with E-state index in [2.05, 4.69) is 10.2 Å². The first-order valence-corrected chi connectivity index (χ1v) is 8.48. The SMILES string of the molecule is CC(O)C1CCCN(CC(=O)NCCOc2ccc(Cl)cc2)C1. The summed E-state index contributed by atoms with van der Waals surface area (Å²) in [6.07, 6.45) is 1.75. The van der Waals surface area contributed by atoms with E-state index in [9.17, 15) is 9.90 Å². The van der Waals surface area contributed by atoms with Crippen molar-refractivity contribution in [1.82, 2.24) is 10.2 Å². The highest BCUT2D eigenvalue weighted by atomic mass is 35.5. The third-order valence-electron chi connectivity index (χ3n) is 4.10. The molecular weight excluding hydrogens is 316 g/mol. The van der Waals surface area contributed by atoms with Gasteiger partial charge in [-0.15, -0.1) is 0 Å². The van der Waals surface area contributed by atoms with Gasteiger partial charge >= 0.3 is 0 Å². The number of carbonyl (C=O) groups excluding carboxylic acids is 1. The van der Waals surface area contributed by atoms with Crippen LogP contribution in [-0.2, 0) is 4.79 Å². The van der Waals surface area contributed by atoms with Crippen molar-refractivity contribution in [2.45, 2.75) is 25.9 Å². The van der Waals surface area contributed by atoms with E-state index in [1.54, 1.807) is 24.3 Å². The molecule has 1 fully saturated rings. The largest absolute Gasteiger partial charge is 0.492 e. The number of aliphatic hydroxyl groups excluding tert-OH is 1. The molecule has 5 nitrogen and oxygen atoms in total. The summed E-state index contributed by atoms with van der Waals surface area (Å²) in [7, 11) is 0. The zero-order chi connectivity index (χ0) is 16.7. The Hall–Kier alpha value is -1.30. The smallest absolute Gasteiger partial charge is 0.234 e. The molecule has 1 aromatic rings. The molecule has 1 aliphatic rings. The second-order valence-corrected chi connectivity index (χ2v) is 6.47. The van der Waals surface area contributed by atoms with E-state index in [-0.39, 0.29) is 17.9 Å². The van der Waals surface area contributed by atoms with Gasteiger partial charge in [-0.2, -0.15) is 0 Å². The second kappa shape index (κ2) is 9.11. The Morgan fingerprint density at radius 2 is 2.22 bits per heavy atom. The minimum atomic E-state index is -0.311. The summed E-state index contributed by atoms with van der Waals surface area (Å²) in [5, 5.41) is 13.2. The van der Waals surface area contributed by atoms with Crippen LogP contribution in [0.3, 0.4) is 0 Å². The van der Waals surface area contributed by atoms with E-state index in [1.165, 1.54) is 0 Å². The monoisotopic (exact) mass is 340 g/mol. The van der Waals surface area contributed by atoms with Crippen molar-refractivity contribution in [3.8, 4) is 5.75 Å². The fourth-order valence-corrected chi connectivity index (χ4v) is 2.90. The van der Waals surface area contributed by atoms with E-state index in [0.717, 1.165) is 31.7 Å². The number of likely N-dealkylation sites (tertiary alicyclic amines) is 1.